The number of carbonyl (C=O) groups excluding carboxylic acids is 2. The van der Waals surface area contributed by atoms with Gasteiger partial charge in [0.15, 0.2) is 6.39 Å². The van der Waals surface area contributed by atoms with E-state index in [4.69, 9.17) is 32.4 Å². The molecule has 1 fully saturated rings. The van der Waals surface area contributed by atoms with Crippen molar-refractivity contribution in [1.29, 1.82) is 0 Å². The Labute approximate surface area is 251 Å². The normalized spacial score (nSPS) is 14.8. The van der Waals surface area contributed by atoms with E-state index in [1.54, 1.807) is 23.9 Å². The average Bonchev–Trinajstić information content (AvgIpc) is 3.78. The van der Waals surface area contributed by atoms with Crippen molar-refractivity contribution in [1.82, 2.24) is 30.2 Å². The summed E-state index contributed by atoms with van der Waals surface area (Å²) >= 11 is 12.3. The van der Waals surface area contributed by atoms with Crippen molar-refractivity contribution in [2.24, 2.45) is 0 Å². The third-order valence-electron chi connectivity index (χ3n) is 7.35. The van der Waals surface area contributed by atoms with Crippen LogP contribution in [0.4, 0.5) is 0 Å². The van der Waals surface area contributed by atoms with Crippen LogP contribution < -0.4 is 10.1 Å². The summed E-state index contributed by atoms with van der Waals surface area (Å²) in [6.45, 7) is 0.852. The Bertz CT molecular complexity index is 1780. The molecule has 0 aliphatic carbocycles. The first-order valence-corrected chi connectivity index (χ1v) is 14.1. The number of methoxy groups -OCH3 is 1. The zero-order chi connectivity index (χ0) is 29.2. The number of benzene rings is 3. The van der Waals surface area contributed by atoms with E-state index in [1.165, 1.54) is 17.4 Å². The van der Waals surface area contributed by atoms with Gasteiger partial charge in [-0.05, 0) is 48.6 Å². The number of aromatic nitrogens is 4. The van der Waals surface area contributed by atoms with Crippen LogP contribution in [0.2, 0.25) is 10.0 Å². The first kappa shape index (κ1) is 27.7. The number of likely N-dealkylation sites (tertiary alicyclic amines) is 1. The number of carbonyl (C=O) groups is 2. The first-order valence-electron chi connectivity index (χ1n) is 13.3. The fourth-order valence-corrected chi connectivity index (χ4v) is 5.65. The van der Waals surface area contributed by atoms with E-state index in [-0.39, 0.29) is 23.9 Å². The van der Waals surface area contributed by atoms with Crippen molar-refractivity contribution in [2.75, 3.05) is 13.7 Å². The fraction of sp³-hybridized carbons (Fsp3) is 0.233. The lowest BCUT2D eigenvalue weighted by Gasteiger charge is -2.24. The summed E-state index contributed by atoms with van der Waals surface area (Å²) in [6, 6.07) is 15.9. The summed E-state index contributed by atoms with van der Waals surface area (Å²) in [5, 5.41) is 14.2. The van der Waals surface area contributed by atoms with Gasteiger partial charge >= 0.3 is 0 Å². The lowest BCUT2D eigenvalue weighted by Crippen LogP contribution is -2.45. The van der Waals surface area contributed by atoms with E-state index in [9.17, 15) is 9.59 Å². The van der Waals surface area contributed by atoms with Gasteiger partial charge in [0.1, 0.15) is 28.9 Å². The van der Waals surface area contributed by atoms with Gasteiger partial charge in [-0.1, -0.05) is 52.7 Å². The molecule has 3 aromatic carbocycles. The smallest absolute Gasteiger partial charge is 0.256 e. The Kier molecular flexibility index (Phi) is 7.82. The minimum Gasteiger partial charge on any atom is -0.496 e. The van der Waals surface area contributed by atoms with Crippen LogP contribution >= 0.6 is 23.2 Å². The third-order valence-corrected chi connectivity index (χ3v) is 7.92. The molecule has 2 aromatic heterocycles. The summed E-state index contributed by atoms with van der Waals surface area (Å²) in [4.78, 5) is 32.2. The zero-order valence-electron chi connectivity index (χ0n) is 22.6. The van der Waals surface area contributed by atoms with E-state index in [0.29, 0.717) is 53.1 Å². The second-order valence-electron chi connectivity index (χ2n) is 9.88. The lowest BCUT2D eigenvalue weighted by atomic mass is 10.0. The SMILES string of the molecule is COc1ccc(-c2cn(Cc3ncoc3CNC(=O)C3CCCN3C(=O)c3cc(Cl)ccc3Cl)nn2)c2ccccc12. The summed E-state index contributed by atoms with van der Waals surface area (Å²) in [5.74, 6) is 0.668. The molecular weight excluding hydrogens is 579 g/mol. The maximum Gasteiger partial charge on any atom is 0.256 e. The van der Waals surface area contributed by atoms with E-state index in [2.05, 4.69) is 20.6 Å². The molecule has 1 aliphatic heterocycles. The molecule has 2 amide bonds. The number of nitrogens with zero attached hydrogens (tertiary/aromatic N) is 5. The Morgan fingerprint density at radius 2 is 1.95 bits per heavy atom. The lowest BCUT2D eigenvalue weighted by molar-refractivity contribution is -0.125. The molecule has 42 heavy (non-hydrogen) atoms. The minimum absolute atomic E-state index is 0.106. The molecule has 0 bridgehead atoms. The highest BCUT2D eigenvalue weighted by Gasteiger charge is 2.35. The number of amides is 2. The van der Waals surface area contributed by atoms with Gasteiger partial charge in [-0.25, -0.2) is 9.67 Å². The summed E-state index contributed by atoms with van der Waals surface area (Å²) in [5.41, 5.74) is 2.52. The van der Waals surface area contributed by atoms with Crippen LogP contribution in [0.5, 0.6) is 5.75 Å². The molecule has 1 N–H and O–H groups in total. The predicted molar refractivity (Wildman–Crippen MR) is 157 cm³/mol. The second kappa shape index (κ2) is 11.8. The third kappa shape index (κ3) is 5.43. The Morgan fingerprint density at radius 3 is 2.79 bits per heavy atom. The van der Waals surface area contributed by atoms with Gasteiger partial charge in [0, 0.05) is 22.5 Å². The number of hydrogen-bond acceptors (Lipinski definition) is 7. The van der Waals surface area contributed by atoms with Gasteiger partial charge in [-0.2, -0.15) is 0 Å². The number of ether oxygens (including phenoxy) is 1. The molecule has 1 aliphatic rings. The Hall–Kier alpha value is -4.41. The van der Waals surface area contributed by atoms with Crippen LogP contribution in [0, 0.1) is 0 Å². The molecule has 5 aromatic rings. The van der Waals surface area contributed by atoms with Crippen LogP contribution in [0.1, 0.15) is 34.7 Å². The monoisotopic (exact) mass is 604 g/mol. The van der Waals surface area contributed by atoms with E-state index in [0.717, 1.165) is 22.1 Å². The largest absolute Gasteiger partial charge is 0.496 e. The molecule has 6 rings (SSSR count). The molecule has 0 spiro atoms. The number of oxazole rings is 1. The topological polar surface area (TPSA) is 115 Å². The molecule has 1 unspecified atom stereocenters. The maximum atomic E-state index is 13.2. The van der Waals surface area contributed by atoms with Gasteiger partial charge in [0.25, 0.3) is 5.91 Å². The summed E-state index contributed by atoms with van der Waals surface area (Å²) in [7, 11) is 1.65. The molecular formula is C30H26Cl2N6O4. The van der Waals surface area contributed by atoms with Gasteiger partial charge < -0.3 is 19.4 Å². The van der Waals surface area contributed by atoms with E-state index >= 15 is 0 Å². The maximum absolute atomic E-state index is 13.2. The molecule has 214 valence electrons. The summed E-state index contributed by atoms with van der Waals surface area (Å²) in [6.07, 6.45) is 4.42. The highest BCUT2D eigenvalue weighted by molar-refractivity contribution is 6.35. The number of fused-ring (bicyclic) bond motifs is 1. The number of halogens is 2. The molecule has 12 heteroatoms. The van der Waals surface area contributed by atoms with Crippen LogP contribution in [-0.2, 0) is 17.9 Å². The van der Waals surface area contributed by atoms with Crippen molar-refractivity contribution in [3.63, 3.8) is 0 Å². The molecule has 0 saturated carbocycles. The van der Waals surface area contributed by atoms with Gasteiger partial charge in [0.2, 0.25) is 5.91 Å². The van der Waals surface area contributed by atoms with E-state index < -0.39 is 6.04 Å². The summed E-state index contributed by atoms with van der Waals surface area (Å²) < 4.78 is 12.8. The number of rotatable bonds is 8. The molecule has 0 radical (unpaired) electrons. The highest BCUT2D eigenvalue weighted by Crippen LogP contribution is 2.33. The van der Waals surface area contributed by atoms with Crippen LogP contribution in [-0.4, -0.2) is 56.4 Å². The van der Waals surface area contributed by atoms with Gasteiger partial charge in [-0.3, -0.25) is 9.59 Å². The predicted octanol–water partition coefficient (Wildman–Crippen LogP) is 5.37. The Morgan fingerprint density at radius 1 is 1.12 bits per heavy atom. The van der Waals surface area contributed by atoms with Crippen LogP contribution in [0.25, 0.3) is 22.0 Å². The average molecular weight is 605 g/mol. The Balaban J connectivity index is 1.13. The molecule has 3 heterocycles. The van der Waals surface area contributed by atoms with Crippen LogP contribution in [0.3, 0.4) is 0 Å². The van der Waals surface area contributed by atoms with Crippen molar-refractivity contribution in [2.45, 2.75) is 32.0 Å². The van der Waals surface area contributed by atoms with Crippen molar-refractivity contribution in [3.05, 3.63) is 94.3 Å². The molecule has 1 saturated heterocycles. The van der Waals surface area contributed by atoms with Crippen molar-refractivity contribution in [3.8, 4) is 17.0 Å². The highest BCUT2D eigenvalue weighted by atomic mass is 35.5. The van der Waals surface area contributed by atoms with Gasteiger partial charge in [0.05, 0.1) is 37.0 Å². The minimum atomic E-state index is -0.629. The second-order valence-corrected chi connectivity index (χ2v) is 10.7. The zero-order valence-corrected chi connectivity index (χ0v) is 24.1. The first-order chi connectivity index (χ1) is 20.4. The fourth-order valence-electron chi connectivity index (χ4n) is 5.28. The quantitative estimate of drug-likeness (QED) is 0.253. The van der Waals surface area contributed by atoms with E-state index in [1.807, 2.05) is 42.6 Å². The van der Waals surface area contributed by atoms with Crippen LogP contribution in [0.15, 0.2) is 71.6 Å². The molecule has 10 nitrogen and oxygen atoms in total. The standard InChI is InChI=1S/C30H26Cl2N6O4/c1-41-27-11-9-20(19-5-2-3-6-21(19)27)24-15-37(36-35-24)16-25-28(42-17-34-25)14-33-29(39)26-7-4-12-38(26)30(40)22-13-18(31)8-10-23(22)32/h2-3,5-6,8-11,13,15,17,26H,4,7,12,14,16H2,1H3,(H,33,39). The van der Waals surface area contributed by atoms with Gasteiger partial charge in [-0.15, -0.1) is 5.10 Å². The van der Waals surface area contributed by atoms with Crippen molar-refractivity contribution >= 4 is 45.8 Å². The molecule has 1 atom stereocenters. The number of hydrogen-bond donors (Lipinski definition) is 1. The number of nitrogens with one attached hydrogen (secondary N) is 1. The van der Waals surface area contributed by atoms with Crippen molar-refractivity contribution < 1.29 is 18.7 Å².